The highest BCUT2D eigenvalue weighted by Gasteiger charge is 2.57. The van der Waals surface area contributed by atoms with E-state index in [4.69, 9.17) is 16.4 Å². The van der Waals surface area contributed by atoms with Crippen LogP contribution in [0.15, 0.2) is 29.4 Å². The molecule has 1 aromatic rings. The monoisotopic (exact) mass is 332 g/mol. The molecule has 5 nitrogen and oxygen atoms in total. The summed E-state index contributed by atoms with van der Waals surface area (Å²) in [4.78, 5) is 32.3. The molecule has 0 radical (unpaired) electrons. The van der Waals surface area contributed by atoms with Crippen molar-refractivity contribution in [2.45, 2.75) is 44.2 Å². The molecule has 3 aliphatic rings. The molecule has 4 rings (SSSR count). The molecule has 0 aromatic heterocycles. The molecule has 2 fully saturated rings. The second kappa shape index (κ2) is 5.64. The van der Waals surface area contributed by atoms with E-state index in [-0.39, 0.29) is 17.9 Å². The van der Waals surface area contributed by atoms with Crippen LogP contribution in [0, 0.1) is 5.92 Å². The first-order valence-electron chi connectivity index (χ1n) is 8.04. The third kappa shape index (κ3) is 2.26. The zero-order valence-electron chi connectivity index (χ0n) is 12.6. The van der Waals surface area contributed by atoms with Crippen molar-refractivity contribution >= 4 is 29.1 Å². The zero-order chi connectivity index (χ0) is 16.0. The number of amides is 2. The van der Waals surface area contributed by atoms with Crippen LogP contribution in [0.2, 0.25) is 5.02 Å². The normalized spacial score (nSPS) is 27.9. The first-order chi connectivity index (χ1) is 11.2. The number of likely N-dealkylation sites (tertiary alicyclic amines) is 1. The van der Waals surface area contributed by atoms with E-state index in [0.29, 0.717) is 16.3 Å². The van der Waals surface area contributed by atoms with E-state index in [9.17, 15) is 9.59 Å². The van der Waals surface area contributed by atoms with Gasteiger partial charge < -0.3 is 4.84 Å². The number of fused-ring (bicyclic) bond motifs is 1. The fraction of sp³-hybridized carbons (Fsp3) is 0.471. The minimum Gasteiger partial charge on any atom is -0.381 e. The summed E-state index contributed by atoms with van der Waals surface area (Å²) in [6, 6.07) is 7.19. The van der Waals surface area contributed by atoms with E-state index in [1.165, 1.54) is 11.3 Å². The van der Waals surface area contributed by atoms with Gasteiger partial charge in [-0.15, -0.1) is 0 Å². The molecule has 1 aliphatic carbocycles. The van der Waals surface area contributed by atoms with Crippen LogP contribution in [-0.2, 0) is 14.4 Å². The molecular formula is C17H17ClN2O3. The van der Waals surface area contributed by atoms with Crippen LogP contribution < -0.4 is 0 Å². The number of hydrogen-bond donors (Lipinski definition) is 0. The largest absolute Gasteiger partial charge is 0.381 e. The summed E-state index contributed by atoms with van der Waals surface area (Å²) >= 11 is 6.22. The van der Waals surface area contributed by atoms with Gasteiger partial charge in [0.25, 0.3) is 5.91 Å². The van der Waals surface area contributed by atoms with Crippen LogP contribution in [-0.4, -0.2) is 34.6 Å². The lowest BCUT2D eigenvalue weighted by Crippen LogP contribution is -2.43. The quantitative estimate of drug-likeness (QED) is 0.782. The van der Waals surface area contributed by atoms with E-state index in [2.05, 4.69) is 5.16 Å². The molecule has 6 heteroatoms. The standard InChI is InChI=1S/C17H17ClN2O3/c18-12-9-5-4-8-11(12)14-13-15(23-19-14)17(22)20(16(13)21)10-6-2-1-3-7-10/h4-5,8-10,13,15H,1-3,6-7H2/t13-,15-/m0/s1. The van der Waals surface area contributed by atoms with Gasteiger partial charge in [0, 0.05) is 16.6 Å². The summed E-state index contributed by atoms with van der Waals surface area (Å²) < 4.78 is 0. The maximum Gasteiger partial charge on any atom is 0.274 e. The van der Waals surface area contributed by atoms with Gasteiger partial charge >= 0.3 is 0 Å². The van der Waals surface area contributed by atoms with Crippen molar-refractivity contribution in [3.63, 3.8) is 0 Å². The van der Waals surface area contributed by atoms with Gasteiger partial charge in [-0.1, -0.05) is 54.2 Å². The van der Waals surface area contributed by atoms with Crippen molar-refractivity contribution < 1.29 is 14.4 Å². The van der Waals surface area contributed by atoms with Crippen molar-refractivity contribution in [2.24, 2.45) is 11.1 Å². The Balaban J connectivity index is 1.65. The SMILES string of the molecule is O=C1[C@H]2C(c3ccccc3Cl)=NO[C@@H]2C(=O)N1C1CCCCC1. The topological polar surface area (TPSA) is 59.0 Å². The minimum absolute atomic E-state index is 0.00504. The van der Waals surface area contributed by atoms with Crippen LogP contribution in [0.5, 0.6) is 0 Å². The molecule has 0 N–H and O–H groups in total. The highest BCUT2D eigenvalue weighted by Crippen LogP contribution is 2.37. The van der Waals surface area contributed by atoms with Gasteiger partial charge in [0.15, 0.2) is 0 Å². The predicted molar refractivity (Wildman–Crippen MR) is 85.1 cm³/mol. The number of halogens is 1. The van der Waals surface area contributed by atoms with Gasteiger partial charge in [0.1, 0.15) is 11.6 Å². The number of hydrogen-bond acceptors (Lipinski definition) is 4. The molecule has 1 saturated carbocycles. The Morgan fingerprint density at radius 1 is 1.09 bits per heavy atom. The van der Waals surface area contributed by atoms with Crippen LogP contribution in [0.4, 0.5) is 0 Å². The molecule has 2 aliphatic heterocycles. The van der Waals surface area contributed by atoms with Crippen LogP contribution >= 0.6 is 11.6 Å². The third-order valence-corrected chi connectivity index (χ3v) is 5.27. The Kier molecular flexibility index (Phi) is 3.60. The molecule has 2 atom stereocenters. The fourth-order valence-electron chi connectivity index (χ4n) is 3.79. The van der Waals surface area contributed by atoms with E-state index in [1.54, 1.807) is 12.1 Å². The number of rotatable bonds is 2. The maximum atomic E-state index is 12.9. The van der Waals surface area contributed by atoms with E-state index >= 15 is 0 Å². The molecule has 0 bridgehead atoms. The predicted octanol–water partition coefficient (Wildman–Crippen LogP) is 2.76. The first kappa shape index (κ1) is 14.7. The minimum atomic E-state index is -0.823. The Bertz CT molecular complexity index is 697. The van der Waals surface area contributed by atoms with Gasteiger partial charge in [-0.05, 0) is 18.9 Å². The van der Waals surface area contributed by atoms with E-state index in [0.717, 1.165) is 25.7 Å². The summed E-state index contributed by atoms with van der Waals surface area (Å²) in [6.07, 6.45) is 4.23. The molecule has 2 amide bonds. The smallest absolute Gasteiger partial charge is 0.274 e. The Labute approximate surface area is 139 Å². The number of oxime groups is 1. The van der Waals surface area contributed by atoms with Crippen molar-refractivity contribution in [1.82, 2.24) is 4.90 Å². The molecule has 0 spiro atoms. The fourth-order valence-corrected chi connectivity index (χ4v) is 4.02. The van der Waals surface area contributed by atoms with E-state index < -0.39 is 12.0 Å². The maximum absolute atomic E-state index is 12.9. The number of carbonyl (C=O) groups excluding carboxylic acids is 2. The van der Waals surface area contributed by atoms with Crippen molar-refractivity contribution in [1.29, 1.82) is 0 Å². The lowest BCUT2D eigenvalue weighted by atomic mass is 9.93. The second-order valence-electron chi connectivity index (χ2n) is 6.30. The zero-order valence-corrected chi connectivity index (χ0v) is 13.3. The van der Waals surface area contributed by atoms with Crippen molar-refractivity contribution in [3.05, 3.63) is 34.9 Å². The van der Waals surface area contributed by atoms with Crippen LogP contribution in [0.3, 0.4) is 0 Å². The molecule has 1 aromatic carbocycles. The van der Waals surface area contributed by atoms with Crippen LogP contribution in [0.25, 0.3) is 0 Å². The Morgan fingerprint density at radius 3 is 2.57 bits per heavy atom. The number of nitrogens with zero attached hydrogens (tertiary/aromatic N) is 2. The highest BCUT2D eigenvalue weighted by atomic mass is 35.5. The molecule has 2 heterocycles. The third-order valence-electron chi connectivity index (χ3n) is 4.94. The number of benzene rings is 1. The highest BCUT2D eigenvalue weighted by molar-refractivity contribution is 6.36. The summed E-state index contributed by atoms with van der Waals surface area (Å²) in [5.74, 6) is -1.11. The van der Waals surface area contributed by atoms with Gasteiger partial charge in [-0.25, -0.2) is 0 Å². The lowest BCUT2D eigenvalue weighted by molar-refractivity contribution is -0.145. The van der Waals surface area contributed by atoms with Crippen LogP contribution in [0.1, 0.15) is 37.7 Å². The molecule has 1 saturated heterocycles. The molecular weight excluding hydrogens is 316 g/mol. The van der Waals surface area contributed by atoms with Gasteiger partial charge in [-0.3, -0.25) is 14.5 Å². The number of imide groups is 1. The summed E-state index contributed by atoms with van der Waals surface area (Å²) in [5.41, 5.74) is 1.13. The first-order valence-corrected chi connectivity index (χ1v) is 8.42. The summed E-state index contributed by atoms with van der Waals surface area (Å²) in [7, 11) is 0. The Hall–Kier alpha value is -1.88. The summed E-state index contributed by atoms with van der Waals surface area (Å²) in [5, 5.41) is 4.50. The average Bonchev–Trinajstić information content (AvgIpc) is 3.10. The van der Waals surface area contributed by atoms with Crippen molar-refractivity contribution in [3.8, 4) is 0 Å². The average molecular weight is 333 g/mol. The van der Waals surface area contributed by atoms with Gasteiger partial charge in [-0.2, -0.15) is 0 Å². The van der Waals surface area contributed by atoms with Gasteiger partial charge in [0.2, 0.25) is 12.0 Å². The van der Waals surface area contributed by atoms with E-state index in [1.807, 2.05) is 12.1 Å². The molecule has 0 unspecified atom stereocenters. The molecule has 23 heavy (non-hydrogen) atoms. The lowest BCUT2D eigenvalue weighted by Gasteiger charge is -2.29. The molecule has 120 valence electrons. The second-order valence-corrected chi connectivity index (χ2v) is 6.71. The Morgan fingerprint density at radius 2 is 1.83 bits per heavy atom. The van der Waals surface area contributed by atoms with Crippen molar-refractivity contribution in [2.75, 3.05) is 0 Å². The number of carbonyl (C=O) groups is 2. The van der Waals surface area contributed by atoms with Gasteiger partial charge in [0.05, 0.1) is 0 Å². The summed E-state index contributed by atoms with van der Waals surface area (Å²) in [6.45, 7) is 0.